The number of carboxylic acids is 1. The largest absolute Gasteiger partial charge is 0.481 e. The van der Waals surface area contributed by atoms with Gasteiger partial charge in [-0.25, -0.2) is 4.39 Å². The minimum absolute atomic E-state index is 0.0104. The predicted octanol–water partition coefficient (Wildman–Crippen LogP) is 4.10. The molecule has 0 aliphatic carbocycles. The maximum absolute atomic E-state index is 13.9. The molecule has 0 aromatic heterocycles. The van der Waals surface area contributed by atoms with Gasteiger partial charge in [0.2, 0.25) is 5.91 Å². The minimum Gasteiger partial charge on any atom is -0.481 e. The van der Waals surface area contributed by atoms with Crippen LogP contribution in [0.25, 0.3) is 0 Å². The smallest absolute Gasteiger partial charge is 0.303 e. The molecule has 0 bridgehead atoms. The predicted molar refractivity (Wildman–Crippen MR) is 141 cm³/mol. The first-order valence-electron chi connectivity index (χ1n) is 12.5. The monoisotopic (exact) mass is 500 g/mol. The zero-order valence-corrected chi connectivity index (χ0v) is 20.4. The number of carboxylic acid groups (broad SMARTS) is 1. The number of carbonyl (C=O) groups excluding carboxylic acids is 1. The number of benzene rings is 3. The molecule has 1 saturated heterocycles. The van der Waals surface area contributed by atoms with Crippen molar-refractivity contribution in [1.29, 1.82) is 0 Å². The number of aliphatic imine (C=N–C) groups is 1. The molecule has 3 aromatic rings. The average Bonchev–Trinajstić information content (AvgIpc) is 3.22. The molecule has 1 amide bonds. The van der Waals surface area contributed by atoms with E-state index in [1.54, 1.807) is 6.07 Å². The maximum Gasteiger partial charge on any atom is 0.303 e. The lowest BCUT2D eigenvalue weighted by Crippen LogP contribution is -2.42. The topological polar surface area (TPSA) is 94.0 Å². The number of hydrogen-bond donors (Lipinski definition) is 3. The average molecular weight is 501 g/mol. The zero-order valence-electron chi connectivity index (χ0n) is 20.4. The molecule has 1 atom stereocenters. The molecule has 2 aliphatic rings. The summed E-state index contributed by atoms with van der Waals surface area (Å²) in [6.45, 7) is 4.88. The number of carbonyl (C=O) groups is 2. The van der Waals surface area contributed by atoms with Gasteiger partial charge >= 0.3 is 5.97 Å². The molecule has 3 aromatic carbocycles. The van der Waals surface area contributed by atoms with E-state index in [-0.39, 0.29) is 12.3 Å². The van der Waals surface area contributed by atoms with Gasteiger partial charge in [-0.05, 0) is 59.0 Å². The van der Waals surface area contributed by atoms with E-state index in [1.807, 2.05) is 36.4 Å². The van der Waals surface area contributed by atoms with Gasteiger partial charge in [-0.1, -0.05) is 36.4 Å². The van der Waals surface area contributed by atoms with Crippen LogP contribution in [0.15, 0.2) is 71.7 Å². The van der Waals surface area contributed by atoms with Crippen molar-refractivity contribution < 1.29 is 19.1 Å². The Balaban J connectivity index is 1.50. The van der Waals surface area contributed by atoms with E-state index in [4.69, 9.17) is 10.1 Å². The summed E-state index contributed by atoms with van der Waals surface area (Å²) in [6.07, 6.45) is 0.381. The second kappa shape index (κ2) is 11.0. The fraction of sp³-hybridized carbons (Fsp3) is 0.276. The Morgan fingerprint density at radius 3 is 2.57 bits per heavy atom. The number of anilines is 1. The molecule has 3 N–H and O–H groups in total. The number of amides is 1. The molecule has 1 unspecified atom stereocenters. The quantitative estimate of drug-likeness (QED) is 0.405. The molecule has 8 heteroatoms. The van der Waals surface area contributed by atoms with E-state index >= 15 is 0 Å². The van der Waals surface area contributed by atoms with E-state index in [2.05, 4.69) is 27.7 Å². The fourth-order valence-electron chi connectivity index (χ4n) is 4.88. The molecule has 0 saturated carbocycles. The van der Waals surface area contributed by atoms with Crippen LogP contribution in [-0.2, 0) is 22.6 Å². The van der Waals surface area contributed by atoms with Crippen LogP contribution in [0.1, 0.15) is 34.6 Å². The van der Waals surface area contributed by atoms with Crippen LogP contribution in [0.3, 0.4) is 0 Å². The summed E-state index contributed by atoms with van der Waals surface area (Å²) in [6, 6.07) is 19.8. The maximum atomic E-state index is 13.9. The number of aryl methyl sites for hydroxylation is 1. The number of hydrogen-bond acceptors (Lipinski definition) is 5. The van der Waals surface area contributed by atoms with Gasteiger partial charge < -0.3 is 15.7 Å². The summed E-state index contributed by atoms with van der Waals surface area (Å²) in [5, 5.41) is 15.2. The third-order valence-corrected chi connectivity index (χ3v) is 6.77. The summed E-state index contributed by atoms with van der Waals surface area (Å²) in [5.74, 6) is -2.28. The molecular formula is C29H29FN4O3. The minimum atomic E-state index is -0.869. The molecule has 7 nitrogen and oxygen atoms in total. The molecule has 1 fully saturated rings. The van der Waals surface area contributed by atoms with Crippen LogP contribution in [-0.4, -0.2) is 53.8 Å². The summed E-state index contributed by atoms with van der Waals surface area (Å²) in [5.41, 5.74) is 5.11. The van der Waals surface area contributed by atoms with E-state index in [1.165, 1.54) is 17.7 Å². The molecule has 37 heavy (non-hydrogen) atoms. The van der Waals surface area contributed by atoms with Crippen molar-refractivity contribution in [3.05, 3.63) is 94.8 Å². The van der Waals surface area contributed by atoms with Gasteiger partial charge in [-0.15, -0.1) is 0 Å². The van der Waals surface area contributed by atoms with Crippen molar-refractivity contribution in [2.24, 2.45) is 4.99 Å². The first-order valence-corrected chi connectivity index (χ1v) is 12.5. The van der Waals surface area contributed by atoms with Crippen LogP contribution in [0.4, 0.5) is 15.8 Å². The molecule has 5 rings (SSSR count). The van der Waals surface area contributed by atoms with E-state index in [0.29, 0.717) is 29.1 Å². The second-order valence-corrected chi connectivity index (χ2v) is 9.44. The molecule has 0 spiro atoms. The zero-order chi connectivity index (χ0) is 25.8. The van der Waals surface area contributed by atoms with Crippen molar-refractivity contribution in [2.75, 3.05) is 31.5 Å². The van der Waals surface area contributed by atoms with Gasteiger partial charge in [-0.3, -0.25) is 19.5 Å². The van der Waals surface area contributed by atoms with E-state index in [0.717, 1.165) is 43.9 Å². The van der Waals surface area contributed by atoms with Crippen molar-refractivity contribution in [3.63, 3.8) is 0 Å². The number of piperazine rings is 1. The van der Waals surface area contributed by atoms with Crippen molar-refractivity contribution >= 4 is 29.0 Å². The molecular weight excluding hydrogens is 471 g/mol. The number of nitrogens with one attached hydrogen (secondary N) is 2. The van der Waals surface area contributed by atoms with Gasteiger partial charge in [0, 0.05) is 44.8 Å². The van der Waals surface area contributed by atoms with Crippen LogP contribution in [0.2, 0.25) is 0 Å². The Kier molecular flexibility index (Phi) is 7.39. The molecule has 2 aliphatic heterocycles. The Bertz CT molecular complexity index is 1330. The summed E-state index contributed by atoms with van der Waals surface area (Å²) in [7, 11) is 0. The first kappa shape index (κ1) is 24.8. The molecule has 2 heterocycles. The van der Waals surface area contributed by atoms with Crippen molar-refractivity contribution in [1.82, 2.24) is 10.2 Å². The third-order valence-electron chi connectivity index (χ3n) is 6.77. The van der Waals surface area contributed by atoms with Crippen LogP contribution in [0.5, 0.6) is 0 Å². The van der Waals surface area contributed by atoms with Crippen molar-refractivity contribution in [3.8, 4) is 0 Å². The third kappa shape index (κ3) is 5.93. The van der Waals surface area contributed by atoms with Crippen molar-refractivity contribution in [2.45, 2.75) is 25.3 Å². The normalized spacial score (nSPS) is 17.9. The number of halogens is 1. The highest BCUT2D eigenvalue weighted by Crippen LogP contribution is 2.37. The van der Waals surface area contributed by atoms with Crippen LogP contribution < -0.4 is 10.6 Å². The Morgan fingerprint density at radius 2 is 1.81 bits per heavy atom. The van der Waals surface area contributed by atoms with Crippen LogP contribution >= 0.6 is 0 Å². The second-order valence-electron chi connectivity index (χ2n) is 9.44. The highest BCUT2D eigenvalue weighted by atomic mass is 19.1. The lowest BCUT2D eigenvalue weighted by atomic mass is 9.89. The highest BCUT2D eigenvalue weighted by Gasteiger charge is 2.35. The Morgan fingerprint density at radius 1 is 1.03 bits per heavy atom. The fourth-order valence-corrected chi connectivity index (χ4v) is 4.88. The van der Waals surface area contributed by atoms with Gasteiger partial charge in [0.1, 0.15) is 11.7 Å². The summed E-state index contributed by atoms with van der Waals surface area (Å²) in [4.78, 5) is 31.5. The number of rotatable bonds is 8. The number of aliphatic carboxylic acids is 1. The Hall–Kier alpha value is -3.88. The van der Waals surface area contributed by atoms with E-state index < -0.39 is 17.7 Å². The highest BCUT2D eigenvalue weighted by molar-refractivity contribution is 6.24. The number of fused-ring (bicyclic) bond motifs is 1. The Labute approximate surface area is 215 Å². The number of nitrogens with zero attached hydrogens (tertiary/aromatic N) is 2. The SMILES string of the molecule is O=C(O)CCc1cccc(C(=Nc2ccc(CN3CCNCC3)cc2)C2C(=O)Nc3cc(F)ccc32)c1. The van der Waals surface area contributed by atoms with E-state index in [9.17, 15) is 14.0 Å². The van der Waals surface area contributed by atoms with Gasteiger partial charge in [0.25, 0.3) is 0 Å². The lowest BCUT2D eigenvalue weighted by molar-refractivity contribution is -0.137. The standard InChI is InChI=1S/C29H29FN4O3/c30-22-7-10-24-25(17-22)33-29(37)27(24)28(21-3-1-2-19(16-21)6-11-26(35)36)32-23-8-4-20(5-9-23)18-34-14-12-31-13-15-34/h1-5,7-10,16-17,27,31H,6,11-15,18H2,(H,33,37)(H,35,36). The van der Waals surface area contributed by atoms with Crippen LogP contribution in [0, 0.1) is 5.82 Å². The molecule has 190 valence electrons. The van der Waals surface area contributed by atoms with Gasteiger partial charge in [-0.2, -0.15) is 0 Å². The molecule has 0 radical (unpaired) electrons. The first-order chi connectivity index (χ1) is 18.0. The summed E-state index contributed by atoms with van der Waals surface area (Å²) >= 11 is 0. The summed E-state index contributed by atoms with van der Waals surface area (Å²) < 4.78 is 13.9. The lowest BCUT2D eigenvalue weighted by Gasteiger charge is -2.27. The van der Waals surface area contributed by atoms with Gasteiger partial charge in [0.05, 0.1) is 11.4 Å². The van der Waals surface area contributed by atoms with Gasteiger partial charge in [0.15, 0.2) is 0 Å².